The smallest absolute Gasteiger partial charge is 0.340 e. The number of carbonyl (C=O) groups excluding carboxylic acids is 2. The average Bonchev–Trinajstić information content (AvgIpc) is 3.21. The van der Waals surface area contributed by atoms with E-state index in [9.17, 15) is 31.2 Å². The van der Waals surface area contributed by atoms with Crippen molar-refractivity contribution in [2.45, 2.75) is 24.4 Å². The first kappa shape index (κ1) is 26.2. The zero-order valence-electron chi connectivity index (χ0n) is 18.0. The molecule has 2 heterocycles. The van der Waals surface area contributed by atoms with Gasteiger partial charge in [-0.05, 0) is 31.7 Å². The van der Waals surface area contributed by atoms with Gasteiger partial charge in [0.25, 0.3) is 10.0 Å². The Hall–Kier alpha value is -2.42. The van der Waals surface area contributed by atoms with E-state index in [1.54, 1.807) is 4.90 Å². The number of amides is 1. The molecule has 2 aromatic rings. The summed E-state index contributed by atoms with van der Waals surface area (Å²) in [7, 11) is -2.93. The summed E-state index contributed by atoms with van der Waals surface area (Å²) in [6.07, 6.45) is -5.66. The summed E-state index contributed by atoms with van der Waals surface area (Å²) in [4.78, 5) is 35.5. The van der Waals surface area contributed by atoms with Gasteiger partial charge in [0.1, 0.15) is 0 Å². The van der Waals surface area contributed by atoms with Crippen LogP contribution in [0.5, 0.6) is 0 Å². The van der Waals surface area contributed by atoms with Gasteiger partial charge in [-0.15, -0.1) is 11.3 Å². The minimum absolute atomic E-state index is 0.0410. The first-order valence-electron chi connectivity index (χ1n) is 9.81. The van der Waals surface area contributed by atoms with E-state index in [1.807, 2.05) is 7.05 Å². The molecule has 1 aromatic heterocycles. The minimum atomic E-state index is -5.46. The molecule has 15 heteroatoms. The maximum atomic E-state index is 13.2. The fourth-order valence-corrected chi connectivity index (χ4v) is 5.72. The van der Waals surface area contributed by atoms with Gasteiger partial charge >= 0.3 is 12.1 Å². The summed E-state index contributed by atoms with van der Waals surface area (Å²) < 4.78 is 64.8. The molecule has 0 radical (unpaired) electrons. The van der Waals surface area contributed by atoms with Crippen LogP contribution < -0.4 is 4.47 Å². The molecule has 1 amide bonds. The molecular weight excluding hydrogens is 521 g/mol. The summed E-state index contributed by atoms with van der Waals surface area (Å²) in [6.45, 7) is 3.73. The van der Waals surface area contributed by atoms with Crippen LogP contribution in [0.1, 0.15) is 11.3 Å². The van der Waals surface area contributed by atoms with Crippen molar-refractivity contribution < 1.29 is 36.0 Å². The van der Waals surface area contributed by atoms with E-state index >= 15 is 0 Å². The molecule has 1 aliphatic heterocycles. The van der Waals surface area contributed by atoms with Crippen molar-refractivity contribution in [3.63, 3.8) is 0 Å². The third kappa shape index (κ3) is 5.79. The fourth-order valence-electron chi connectivity index (χ4n) is 3.06. The predicted molar refractivity (Wildman–Crippen MR) is 118 cm³/mol. The second-order valence-corrected chi connectivity index (χ2v) is 10.4. The van der Waals surface area contributed by atoms with E-state index in [2.05, 4.69) is 14.7 Å². The maximum Gasteiger partial charge on any atom is 0.493 e. The number of carbonyl (C=O) groups is 2. The van der Waals surface area contributed by atoms with Crippen LogP contribution in [0.2, 0.25) is 5.02 Å². The van der Waals surface area contributed by atoms with Crippen molar-refractivity contribution >= 4 is 50.0 Å². The zero-order valence-corrected chi connectivity index (χ0v) is 20.4. The number of rotatable bonds is 6. The summed E-state index contributed by atoms with van der Waals surface area (Å²) in [6, 6.07) is 3.79. The maximum absolute atomic E-state index is 13.2. The number of piperazine rings is 1. The van der Waals surface area contributed by atoms with Gasteiger partial charge in [-0.25, -0.2) is 9.78 Å². The number of hydrogen-bond acceptors (Lipinski definition) is 8. The lowest BCUT2D eigenvalue weighted by atomic mass is 10.2. The van der Waals surface area contributed by atoms with Crippen LogP contribution in [0, 0.1) is 6.92 Å². The van der Waals surface area contributed by atoms with E-state index in [0.717, 1.165) is 6.07 Å². The molecule has 0 bridgehead atoms. The summed E-state index contributed by atoms with van der Waals surface area (Å²) >= 11 is 6.57. The molecule has 0 unspecified atom stereocenters. The zero-order chi connectivity index (χ0) is 25.3. The highest BCUT2D eigenvalue weighted by Crippen LogP contribution is 2.32. The standard InChI is InChI=1S/C19H20ClF3N4O5S2/c1-12-14(20)4-3-5-15(12)34(30,31)27(32-17(29)19(21,22)23)18-24-13(11-33-18)10-16(28)26-8-6-25(2)7-9-26/h3-5,11H,6-10H2,1-2H3. The topological polar surface area (TPSA) is 100 Å². The Morgan fingerprint density at radius 3 is 2.50 bits per heavy atom. The van der Waals surface area contributed by atoms with E-state index in [4.69, 9.17) is 11.6 Å². The Kier molecular flexibility index (Phi) is 7.75. The van der Waals surface area contributed by atoms with Gasteiger partial charge in [0.05, 0.1) is 17.0 Å². The Bertz CT molecular complexity index is 1180. The van der Waals surface area contributed by atoms with E-state index in [0.29, 0.717) is 37.5 Å². The minimum Gasteiger partial charge on any atom is -0.340 e. The lowest BCUT2D eigenvalue weighted by Crippen LogP contribution is -2.47. The Morgan fingerprint density at radius 2 is 1.88 bits per heavy atom. The average molecular weight is 541 g/mol. The molecule has 0 atom stereocenters. The van der Waals surface area contributed by atoms with Gasteiger partial charge in [0.2, 0.25) is 11.0 Å². The van der Waals surface area contributed by atoms with Crippen molar-refractivity contribution in [2.24, 2.45) is 0 Å². The van der Waals surface area contributed by atoms with E-state index < -0.39 is 32.2 Å². The lowest BCUT2D eigenvalue weighted by Gasteiger charge is -2.32. The highest BCUT2D eigenvalue weighted by Gasteiger charge is 2.45. The molecule has 34 heavy (non-hydrogen) atoms. The highest BCUT2D eigenvalue weighted by molar-refractivity contribution is 7.92. The summed E-state index contributed by atoms with van der Waals surface area (Å²) in [5.74, 6) is -3.02. The van der Waals surface area contributed by atoms with Crippen molar-refractivity contribution in [2.75, 3.05) is 37.7 Å². The molecular formula is C19H20ClF3N4O5S2. The van der Waals surface area contributed by atoms with Crippen LogP contribution in [0.3, 0.4) is 0 Å². The number of aromatic nitrogens is 1. The normalized spacial score (nSPS) is 15.3. The molecule has 0 saturated carbocycles. The van der Waals surface area contributed by atoms with Crippen molar-refractivity contribution in [1.82, 2.24) is 14.8 Å². The number of thiazole rings is 1. The number of sulfonamides is 1. The molecule has 1 aromatic carbocycles. The lowest BCUT2D eigenvalue weighted by molar-refractivity contribution is -0.199. The van der Waals surface area contributed by atoms with Gasteiger partial charge < -0.3 is 14.6 Å². The summed E-state index contributed by atoms with van der Waals surface area (Å²) in [5, 5.41) is 0.789. The van der Waals surface area contributed by atoms with Crippen LogP contribution in [-0.4, -0.2) is 74.5 Å². The number of nitrogens with zero attached hydrogens (tertiary/aromatic N) is 4. The van der Waals surface area contributed by atoms with Crippen LogP contribution in [-0.2, 0) is 30.9 Å². The number of anilines is 1. The number of likely N-dealkylation sites (N-methyl/N-ethyl adjacent to an activating group) is 1. The Labute approximate surface area is 202 Å². The first-order chi connectivity index (χ1) is 15.8. The van der Waals surface area contributed by atoms with Crippen LogP contribution in [0.4, 0.5) is 18.3 Å². The van der Waals surface area contributed by atoms with Gasteiger partial charge in [-0.3, -0.25) is 4.79 Å². The Balaban J connectivity index is 1.92. The van der Waals surface area contributed by atoms with Crippen LogP contribution in [0.15, 0.2) is 28.5 Å². The molecule has 0 aliphatic carbocycles. The van der Waals surface area contributed by atoms with Crippen molar-refractivity contribution in [1.29, 1.82) is 0 Å². The predicted octanol–water partition coefficient (Wildman–Crippen LogP) is 2.64. The Morgan fingerprint density at radius 1 is 1.24 bits per heavy atom. The fraction of sp³-hybridized carbons (Fsp3) is 0.421. The largest absolute Gasteiger partial charge is 0.493 e. The first-order valence-corrected chi connectivity index (χ1v) is 12.5. The molecule has 1 fully saturated rings. The summed E-state index contributed by atoms with van der Waals surface area (Å²) in [5.41, 5.74) is 0.161. The van der Waals surface area contributed by atoms with Gasteiger partial charge in [-0.2, -0.15) is 21.6 Å². The SMILES string of the molecule is Cc1c(Cl)cccc1S(=O)(=O)N(OC(=O)C(F)(F)F)c1nc(CC(=O)N2CCN(C)CC2)cs1. The van der Waals surface area contributed by atoms with Crippen molar-refractivity contribution in [3.8, 4) is 0 Å². The van der Waals surface area contributed by atoms with Crippen LogP contribution >= 0.6 is 22.9 Å². The second kappa shape index (κ2) is 10.1. The highest BCUT2D eigenvalue weighted by atomic mass is 35.5. The molecule has 1 aliphatic rings. The number of halogens is 4. The molecule has 186 valence electrons. The van der Waals surface area contributed by atoms with Crippen LogP contribution in [0.25, 0.3) is 0 Å². The van der Waals surface area contributed by atoms with Crippen molar-refractivity contribution in [3.05, 3.63) is 39.9 Å². The van der Waals surface area contributed by atoms with E-state index in [1.165, 1.54) is 24.4 Å². The number of hydrogen-bond donors (Lipinski definition) is 0. The number of benzene rings is 1. The molecule has 1 saturated heterocycles. The molecule has 3 rings (SSSR count). The molecule has 0 spiro atoms. The van der Waals surface area contributed by atoms with Gasteiger partial charge in [0.15, 0.2) is 0 Å². The third-order valence-electron chi connectivity index (χ3n) is 5.00. The van der Waals surface area contributed by atoms with Gasteiger partial charge in [-0.1, -0.05) is 22.1 Å². The third-order valence-corrected chi connectivity index (χ3v) is 8.06. The van der Waals surface area contributed by atoms with E-state index in [-0.39, 0.29) is 33.1 Å². The molecule has 0 N–H and O–H groups in total. The molecule has 9 nitrogen and oxygen atoms in total. The number of alkyl halides is 3. The van der Waals surface area contributed by atoms with Gasteiger partial charge in [0, 0.05) is 36.6 Å². The monoisotopic (exact) mass is 540 g/mol. The second-order valence-electron chi connectivity index (χ2n) is 7.45. The quantitative estimate of drug-likeness (QED) is 0.519.